The van der Waals surface area contributed by atoms with E-state index in [2.05, 4.69) is 11.8 Å². The first-order valence-electron chi connectivity index (χ1n) is 6.66. The maximum absolute atomic E-state index is 11.9. The molecule has 0 saturated carbocycles. The van der Waals surface area contributed by atoms with Crippen molar-refractivity contribution >= 4 is 6.09 Å². The predicted octanol–water partition coefficient (Wildman–Crippen LogP) is 1.31. The highest BCUT2D eigenvalue weighted by Crippen LogP contribution is 2.14. The summed E-state index contributed by atoms with van der Waals surface area (Å²) in [5.74, 6) is 0. The van der Waals surface area contributed by atoms with Crippen LogP contribution in [0.15, 0.2) is 0 Å². The standard InChI is InChI=1S/C13H26N2O3/c1-11-10-15(12(17)18-13(2,3)4)8-7-14(11)6-5-9-16/h11,16H,5-10H2,1-4H3/t11-/m0/s1. The molecule has 106 valence electrons. The fourth-order valence-electron chi connectivity index (χ4n) is 2.09. The molecular weight excluding hydrogens is 232 g/mol. The number of hydrogen-bond acceptors (Lipinski definition) is 4. The molecule has 0 spiro atoms. The predicted molar refractivity (Wildman–Crippen MR) is 70.5 cm³/mol. The molecule has 1 atom stereocenters. The van der Waals surface area contributed by atoms with E-state index < -0.39 is 5.60 Å². The van der Waals surface area contributed by atoms with Crippen molar-refractivity contribution in [2.24, 2.45) is 0 Å². The summed E-state index contributed by atoms with van der Waals surface area (Å²) in [6, 6.07) is 0.317. The van der Waals surface area contributed by atoms with Gasteiger partial charge in [-0.2, -0.15) is 0 Å². The molecule has 0 aliphatic carbocycles. The Morgan fingerprint density at radius 1 is 1.39 bits per heavy atom. The first kappa shape index (κ1) is 15.2. The first-order chi connectivity index (χ1) is 8.33. The van der Waals surface area contributed by atoms with Crippen LogP contribution < -0.4 is 0 Å². The average molecular weight is 258 g/mol. The summed E-state index contributed by atoms with van der Waals surface area (Å²) < 4.78 is 5.37. The zero-order valence-corrected chi connectivity index (χ0v) is 12.0. The van der Waals surface area contributed by atoms with Crippen LogP contribution in [0.1, 0.15) is 34.1 Å². The lowest BCUT2D eigenvalue weighted by molar-refractivity contribution is 0.00510. The third kappa shape index (κ3) is 4.82. The van der Waals surface area contributed by atoms with E-state index in [9.17, 15) is 4.79 Å². The molecule has 5 heteroatoms. The van der Waals surface area contributed by atoms with E-state index >= 15 is 0 Å². The lowest BCUT2D eigenvalue weighted by Crippen LogP contribution is -2.54. The van der Waals surface area contributed by atoms with E-state index in [1.54, 1.807) is 4.90 Å². The molecule has 0 unspecified atom stereocenters. The molecule has 1 aliphatic heterocycles. The van der Waals surface area contributed by atoms with Gasteiger partial charge in [0.25, 0.3) is 0 Å². The van der Waals surface area contributed by atoms with E-state index in [4.69, 9.17) is 9.84 Å². The van der Waals surface area contributed by atoms with E-state index in [-0.39, 0.29) is 12.7 Å². The molecule has 0 bridgehead atoms. The second kappa shape index (κ2) is 6.38. The molecule has 1 amide bonds. The van der Waals surface area contributed by atoms with Crippen molar-refractivity contribution in [2.45, 2.75) is 45.8 Å². The topological polar surface area (TPSA) is 53.0 Å². The van der Waals surface area contributed by atoms with Gasteiger partial charge < -0.3 is 14.7 Å². The number of aliphatic hydroxyl groups is 1. The van der Waals surface area contributed by atoms with E-state index in [1.807, 2.05) is 20.8 Å². The van der Waals surface area contributed by atoms with Crippen LogP contribution in [0.3, 0.4) is 0 Å². The lowest BCUT2D eigenvalue weighted by Gasteiger charge is -2.40. The largest absolute Gasteiger partial charge is 0.444 e. The third-order valence-electron chi connectivity index (χ3n) is 3.02. The van der Waals surface area contributed by atoms with Crippen molar-refractivity contribution in [2.75, 3.05) is 32.8 Å². The Kier molecular flexibility index (Phi) is 5.41. The van der Waals surface area contributed by atoms with Gasteiger partial charge in [0.15, 0.2) is 0 Å². The summed E-state index contributed by atoms with van der Waals surface area (Å²) in [4.78, 5) is 16.0. The van der Waals surface area contributed by atoms with E-state index in [0.29, 0.717) is 19.1 Å². The minimum atomic E-state index is -0.436. The fourth-order valence-corrected chi connectivity index (χ4v) is 2.09. The molecule has 1 aliphatic rings. The van der Waals surface area contributed by atoms with Gasteiger partial charge in [0.2, 0.25) is 0 Å². The Balaban J connectivity index is 2.43. The van der Waals surface area contributed by atoms with Gasteiger partial charge in [-0.05, 0) is 34.1 Å². The van der Waals surface area contributed by atoms with Gasteiger partial charge in [-0.3, -0.25) is 4.90 Å². The molecule has 18 heavy (non-hydrogen) atoms. The summed E-state index contributed by atoms with van der Waals surface area (Å²) in [5.41, 5.74) is -0.436. The van der Waals surface area contributed by atoms with Crippen LogP contribution in [0.2, 0.25) is 0 Å². The van der Waals surface area contributed by atoms with Crippen molar-refractivity contribution in [1.29, 1.82) is 0 Å². The minimum Gasteiger partial charge on any atom is -0.444 e. The molecule has 0 aromatic heterocycles. The van der Waals surface area contributed by atoms with Crippen molar-refractivity contribution in [3.8, 4) is 0 Å². The fraction of sp³-hybridized carbons (Fsp3) is 0.923. The number of nitrogens with zero attached hydrogens (tertiary/aromatic N) is 2. The van der Waals surface area contributed by atoms with Crippen LogP contribution in [0.5, 0.6) is 0 Å². The second-order valence-corrected chi connectivity index (χ2v) is 5.89. The van der Waals surface area contributed by atoms with Crippen LogP contribution >= 0.6 is 0 Å². The van der Waals surface area contributed by atoms with E-state index in [0.717, 1.165) is 19.5 Å². The third-order valence-corrected chi connectivity index (χ3v) is 3.02. The SMILES string of the molecule is C[C@H]1CN(C(=O)OC(C)(C)C)CCN1CCCO. The van der Waals surface area contributed by atoms with Gasteiger partial charge in [-0.15, -0.1) is 0 Å². The Morgan fingerprint density at radius 2 is 2.06 bits per heavy atom. The van der Waals surface area contributed by atoms with E-state index in [1.165, 1.54) is 0 Å². The number of carbonyl (C=O) groups is 1. The Bertz CT molecular complexity index is 276. The molecule has 1 heterocycles. The molecule has 1 fully saturated rings. The molecular formula is C13H26N2O3. The number of amides is 1. The highest BCUT2D eigenvalue weighted by Gasteiger charge is 2.29. The van der Waals surface area contributed by atoms with Crippen molar-refractivity contribution in [1.82, 2.24) is 9.80 Å². The van der Waals surface area contributed by atoms with Gasteiger partial charge in [-0.1, -0.05) is 0 Å². The zero-order valence-electron chi connectivity index (χ0n) is 12.0. The number of rotatable bonds is 3. The molecule has 0 aromatic carbocycles. The minimum absolute atomic E-state index is 0.221. The monoisotopic (exact) mass is 258 g/mol. The van der Waals surface area contributed by atoms with Crippen molar-refractivity contribution in [3.63, 3.8) is 0 Å². The highest BCUT2D eigenvalue weighted by atomic mass is 16.6. The number of hydrogen-bond donors (Lipinski definition) is 1. The smallest absolute Gasteiger partial charge is 0.410 e. The lowest BCUT2D eigenvalue weighted by atomic mass is 10.2. The Morgan fingerprint density at radius 3 is 2.56 bits per heavy atom. The Labute approximate surface area is 110 Å². The highest BCUT2D eigenvalue weighted by molar-refractivity contribution is 5.68. The van der Waals surface area contributed by atoms with Crippen LogP contribution in [-0.2, 0) is 4.74 Å². The molecule has 5 nitrogen and oxygen atoms in total. The molecule has 0 radical (unpaired) electrons. The maximum Gasteiger partial charge on any atom is 0.410 e. The van der Waals surface area contributed by atoms with Gasteiger partial charge in [0, 0.05) is 38.8 Å². The quantitative estimate of drug-likeness (QED) is 0.829. The van der Waals surface area contributed by atoms with Crippen molar-refractivity contribution in [3.05, 3.63) is 0 Å². The summed E-state index contributed by atoms with van der Waals surface area (Å²) >= 11 is 0. The van der Waals surface area contributed by atoms with Crippen molar-refractivity contribution < 1.29 is 14.6 Å². The molecule has 1 rings (SSSR count). The summed E-state index contributed by atoms with van der Waals surface area (Å²) in [5, 5.41) is 8.84. The number of carbonyl (C=O) groups excluding carboxylic acids is 1. The second-order valence-electron chi connectivity index (χ2n) is 5.89. The first-order valence-corrected chi connectivity index (χ1v) is 6.66. The molecule has 1 N–H and O–H groups in total. The average Bonchev–Trinajstić information content (AvgIpc) is 2.25. The van der Waals surface area contributed by atoms with Gasteiger partial charge in [0.05, 0.1) is 0 Å². The number of ether oxygens (including phenoxy) is 1. The van der Waals surface area contributed by atoms with Crippen LogP contribution in [0, 0.1) is 0 Å². The normalized spacial score (nSPS) is 22.1. The van der Waals surface area contributed by atoms with Crippen LogP contribution in [0.25, 0.3) is 0 Å². The van der Waals surface area contributed by atoms with Gasteiger partial charge in [-0.25, -0.2) is 4.79 Å². The van der Waals surface area contributed by atoms with Crippen LogP contribution in [-0.4, -0.2) is 65.4 Å². The zero-order chi connectivity index (χ0) is 13.8. The Hall–Kier alpha value is -0.810. The summed E-state index contributed by atoms with van der Waals surface area (Å²) in [7, 11) is 0. The van der Waals surface area contributed by atoms with Crippen LogP contribution in [0.4, 0.5) is 4.79 Å². The number of aliphatic hydroxyl groups excluding tert-OH is 1. The van der Waals surface area contributed by atoms with Gasteiger partial charge >= 0.3 is 6.09 Å². The number of piperazine rings is 1. The maximum atomic E-state index is 11.9. The molecule has 0 aromatic rings. The summed E-state index contributed by atoms with van der Waals surface area (Å²) in [6.07, 6.45) is 0.563. The summed E-state index contributed by atoms with van der Waals surface area (Å²) in [6.45, 7) is 11.1. The molecule has 1 saturated heterocycles. The van der Waals surface area contributed by atoms with Gasteiger partial charge in [0.1, 0.15) is 5.60 Å².